The fourth-order valence-corrected chi connectivity index (χ4v) is 3.85. The zero-order valence-electron chi connectivity index (χ0n) is 14.9. The molecule has 0 N–H and O–H groups in total. The van der Waals surface area contributed by atoms with Crippen LogP contribution >= 0.6 is 0 Å². The van der Waals surface area contributed by atoms with Crippen molar-refractivity contribution in [1.82, 2.24) is 14.7 Å². The Bertz CT molecular complexity index is 663. The fraction of sp³-hybridized carbons (Fsp3) is 0.579. The van der Waals surface area contributed by atoms with Gasteiger partial charge in [0.1, 0.15) is 5.75 Å². The van der Waals surface area contributed by atoms with Gasteiger partial charge in [-0.1, -0.05) is 12.5 Å². The molecule has 0 spiro atoms. The van der Waals surface area contributed by atoms with Gasteiger partial charge in [-0.25, -0.2) is 0 Å². The average molecular weight is 342 g/mol. The Hall–Kier alpha value is -2.08. The summed E-state index contributed by atoms with van der Waals surface area (Å²) < 4.78 is 5.24. The first-order valence-electron chi connectivity index (χ1n) is 9.25. The molecule has 0 aromatic heterocycles. The van der Waals surface area contributed by atoms with Crippen LogP contribution in [0.25, 0.3) is 0 Å². The van der Waals surface area contributed by atoms with Crippen molar-refractivity contribution >= 4 is 11.9 Å². The van der Waals surface area contributed by atoms with Crippen molar-refractivity contribution in [3.63, 3.8) is 0 Å². The van der Waals surface area contributed by atoms with E-state index in [0.29, 0.717) is 24.4 Å². The van der Waals surface area contributed by atoms with Gasteiger partial charge in [-0.3, -0.25) is 19.6 Å². The van der Waals surface area contributed by atoms with Gasteiger partial charge in [-0.2, -0.15) is 0 Å². The molecule has 1 aromatic rings. The number of amides is 1. The van der Waals surface area contributed by atoms with Crippen molar-refractivity contribution in [1.29, 1.82) is 0 Å². The standard InChI is InChI=1S/C19H26N4O2/c1-25-17-7-2-4-15(14-17)18(24)23-9-8-20-19(23)22-12-10-21(11-13-22)16-5-3-6-16/h2,4,7,14,16H,3,5-6,8-13H2,1H3. The molecule has 6 nitrogen and oxygen atoms in total. The third-order valence-corrected chi connectivity index (χ3v) is 5.57. The topological polar surface area (TPSA) is 48.4 Å². The molecule has 2 heterocycles. The molecule has 1 saturated heterocycles. The Labute approximate surface area is 149 Å². The zero-order chi connectivity index (χ0) is 17.2. The van der Waals surface area contributed by atoms with E-state index >= 15 is 0 Å². The quantitative estimate of drug-likeness (QED) is 0.839. The van der Waals surface area contributed by atoms with Gasteiger partial charge >= 0.3 is 0 Å². The molecule has 1 saturated carbocycles. The van der Waals surface area contributed by atoms with Crippen molar-refractivity contribution in [2.75, 3.05) is 46.4 Å². The number of methoxy groups -OCH3 is 1. The third-order valence-electron chi connectivity index (χ3n) is 5.57. The van der Waals surface area contributed by atoms with Gasteiger partial charge in [-0.05, 0) is 31.0 Å². The predicted molar refractivity (Wildman–Crippen MR) is 97.1 cm³/mol. The molecule has 2 aliphatic heterocycles. The first-order chi connectivity index (χ1) is 12.3. The van der Waals surface area contributed by atoms with Gasteiger partial charge in [0, 0.05) is 44.3 Å². The van der Waals surface area contributed by atoms with Crippen LogP contribution in [0.4, 0.5) is 0 Å². The first kappa shape index (κ1) is 16.4. The lowest BCUT2D eigenvalue weighted by Crippen LogP contribution is -2.56. The van der Waals surface area contributed by atoms with Gasteiger partial charge in [0.2, 0.25) is 5.96 Å². The number of carbonyl (C=O) groups excluding carboxylic acids is 1. The number of piperazine rings is 1. The van der Waals surface area contributed by atoms with E-state index in [1.165, 1.54) is 19.3 Å². The molecule has 1 amide bonds. The fourth-order valence-electron chi connectivity index (χ4n) is 3.85. The number of hydrogen-bond donors (Lipinski definition) is 0. The molecular weight excluding hydrogens is 316 g/mol. The smallest absolute Gasteiger partial charge is 0.260 e. The number of ether oxygens (including phenoxy) is 1. The van der Waals surface area contributed by atoms with E-state index in [2.05, 4.69) is 14.8 Å². The van der Waals surface area contributed by atoms with E-state index < -0.39 is 0 Å². The first-order valence-corrected chi connectivity index (χ1v) is 9.25. The second-order valence-electron chi connectivity index (χ2n) is 6.98. The molecule has 3 aliphatic rings. The van der Waals surface area contributed by atoms with Crippen molar-refractivity contribution in [3.8, 4) is 5.75 Å². The normalized spacial score (nSPS) is 21.9. The lowest BCUT2D eigenvalue weighted by atomic mass is 9.91. The predicted octanol–water partition coefficient (Wildman–Crippen LogP) is 1.68. The summed E-state index contributed by atoms with van der Waals surface area (Å²) in [5.74, 6) is 1.57. The Kier molecular flexibility index (Phi) is 4.61. The molecule has 0 bridgehead atoms. The van der Waals surface area contributed by atoms with Crippen LogP contribution in [0.5, 0.6) is 5.75 Å². The maximum atomic E-state index is 12.9. The summed E-state index contributed by atoms with van der Waals surface area (Å²) in [4.78, 5) is 24.3. The van der Waals surface area contributed by atoms with Gasteiger partial charge in [0.05, 0.1) is 13.7 Å². The molecule has 1 aromatic carbocycles. The summed E-state index contributed by atoms with van der Waals surface area (Å²) in [6.07, 6.45) is 4.07. The summed E-state index contributed by atoms with van der Waals surface area (Å²) in [6, 6.07) is 8.15. The molecule has 0 radical (unpaired) electrons. The number of benzene rings is 1. The molecule has 0 unspecified atom stereocenters. The van der Waals surface area contributed by atoms with Gasteiger partial charge < -0.3 is 9.64 Å². The highest BCUT2D eigenvalue weighted by atomic mass is 16.5. The SMILES string of the molecule is COc1cccc(C(=O)N2CCN=C2N2CCN(C3CCC3)CC2)c1. The maximum Gasteiger partial charge on any atom is 0.260 e. The van der Waals surface area contributed by atoms with Crippen LogP contribution < -0.4 is 4.74 Å². The summed E-state index contributed by atoms with van der Waals surface area (Å²) in [7, 11) is 1.62. The van der Waals surface area contributed by atoms with Gasteiger partial charge in [0.15, 0.2) is 0 Å². The lowest BCUT2D eigenvalue weighted by Gasteiger charge is -2.44. The largest absolute Gasteiger partial charge is 0.497 e. The van der Waals surface area contributed by atoms with E-state index in [0.717, 1.165) is 38.2 Å². The summed E-state index contributed by atoms with van der Waals surface area (Å²) in [6.45, 7) is 5.41. The summed E-state index contributed by atoms with van der Waals surface area (Å²) >= 11 is 0. The lowest BCUT2D eigenvalue weighted by molar-refractivity contribution is 0.0745. The molecule has 1 aliphatic carbocycles. The van der Waals surface area contributed by atoms with E-state index in [-0.39, 0.29) is 5.91 Å². The molecule has 0 atom stereocenters. The zero-order valence-corrected chi connectivity index (χ0v) is 14.9. The number of guanidine groups is 1. The molecule has 2 fully saturated rings. The van der Waals surface area contributed by atoms with Crippen LogP contribution in [0, 0.1) is 0 Å². The van der Waals surface area contributed by atoms with Gasteiger partial charge in [-0.15, -0.1) is 0 Å². The van der Waals surface area contributed by atoms with Crippen LogP contribution in [0.15, 0.2) is 29.3 Å². The number of aliphatic imine (C=N–C) groups is 1. The van der Waals surface area contributed by atoms with Crippen molar-refractivity contribution in [2.24, 2.45) is 4.99 Å². The van der Waals surface area contributed by atoms with Crippen LogP contribution in [0.2, 0.25) is 0 Å². The number of carbonyl (C=O) groups is 1. The van der Waals surface area contributed by atoms with Gasteiger partial charge in [0.25, 0.3) is 5.91 Å². The average Bonchev–Trinajstić information content (AvgIpc) is 3.10. The Morgan fingerprint density at radius 3 is 2.64 bits per heavy atom. The third kappa shape index (κ3) is 3.23. The van der Waals surface area contributed by atoms with Crippen LogP contribution in [-0.4, -0.2) is 79.0 Å². The van der Waals surface area contributed by atoms with E-state index in [4.69, 9.17) is 4.74 Å². The second kappa shape index (κ2) is 7.04. The number of nitrogens with zero attached hydrogens (tertiary/aromatic N) is 4. The highest BCUT2D eigenvalue weighted by Gasteiger charge is 2.33. The Balaban J connectivity index is 1.42. The highest BCUT2D eigenvalue weighted by molar-refractivity contribution is 6.06. The van der Waals surface area contributed by atoms with E-state index in [9.17, 15) is 4.79 Å². The summed E-state index contributed by atoms with van der Waals surface area (Å²) in [5, 5.41) is 0. The van der Waals surface area contributed by atoms with Crippen molar-refractivity contribution in [3.05, 3.63) is 29.8 Å². The Morgan fingerprint density at radius 1 is 1.16 bits per heavy atom. The Morgan fingerprint density at radius 2 is 1.96 bits per heavy atom. The molecule has 6 heteroatoms. The number of hydrogen-bond acceptors (Lipinski definition) is 5. The minimum Gasteiger partial charge on any atom is -0.497 e. The van der Waals surface area contributed by atoms with Crippen molar-refractivity contribution in [2.45, 2.75) is 25.3 Å². The van der Waals surface area contributed by atoms with E-state index in [1.807, 2.05) is 23.1 Å². The molecular formula is C19H26N4O2. The second-order valence-corrected chi connectivity index (χ2v) is 6.98. The number of rotatable bonds is 3. The molecule has 134 valence electrons. The van der Waals surface area contributed by atoms with Crippen LogP contribution in [0.3, 0.4) is 0 Å². The monoisotopic (exact) mass is 342 g/mol. The highest BCUT2D eigenvalue weighted by Crippen LogP contribution is 2.26. The summed E-state index contributed by atoms with van der Waals surface area (Å²) in [5.41, 5.74) is 0.655. The minimum atomic E-state index is 0.0107. The minimum absolute atomic E-state index is 0.0107. The molecule has 25 heavy (non-hydrogen) atoms. The maximum absolute atomic E-state index is 12.9. The van der Waals surface area contributed by atoms with E-state index in [1.54, 1.807) is 13.2 Å². The van der Waals surface area contributed by atoms with Crippen LogP contribution in [0.1, 0.15) is 29.6 Å². The van der Waals surface area contributed by atoms with Crippen LogP contribution in [-0.2, 0) is 0 Å². The van der Waals surface area contributed by atoms with Crippen molar-refractivity contribution < 1.29 is 9.53 Å². The molecule has 4 rings (SSSR count).